The standard InChI is InChI=1S/C42H64F9NO5S2/c1-37(2,59-58-25-8-6-5-7-10-29(27-53)28-54)19-20-52(4)21-24-55-31-12-14-32-30(26-31)11-13-34-33(32)17-18-38(3)35(34)15-16-36(38)56-22-9-23-57-39(40(43,44)45,41(46,47)48)42(49,50)51/h12,14,26,29,33-36,53-54H,5-11,13,15-25,27-28H2,1-4H3/t33-,34-,35+,36+,38+/m1/s1. The van der Waals surface area contributed by atoms with Gasteiger partial charge >= 0.3 is 24.1 Å². The second-order valence-electron chi connectivity index (χ2n) is 17.6. The van der Waals surface area contributed by atoms with Crippen LogP contribution in [0.25, 0.3) is 0 Å². The highest BCUT2D eigenvalue weighted by atomic mass is 33.1. The molecule has 3 aliphatic carbocycles. The molecule has 2 N–H and O–H groups in total. The van der Waals surface area contributed by atoms with Gasteiger partial charge < -0.3 is 29.3 Å². The van der Waals surface area contributed by atoms with Gasteiger partial charge in [-0.1, -0.05) is 53.8 Å². The third kappa shape index (κ3) is 12.8. The Morgan fingerprint density at radius 3 is 2.17 bits per heavy atom. The predicted octanol–water partition coefficient (Wildman–Crippen LogP) is 11.2. The van der Waals surface area contributed by atoms with Crippen LogP contribution in [0.15, 0.2) is 18.2 Å². The number of alkyl halides is 9. The summed E-state index contributed by atoms with van der Waals surface area (Å²) in [6.45, 7) is 7.40. The molecule has 1 aromatic carbocycles. The highest BCUT2D eigenvalue weighted by Gasteiger charge is 2.85. The van der Waals surface area contributed by atoms with E-state index in [4.69, 9.17) is 9.47 Å². The summed E-state index contributed by atoms with van der Waals surface area (Å²) < 4.78 is 135. The van der Waals surface area contributed by atoms with Crippen LogP contribution in [0.4, 0.5) is 39.5 Å². The summed E-state index contributed by atoms with van der Waals surface area (Å²) in [6.07, 6.45) is -9.55. The molecule has 0 aliphatic heterocycles. The van der Waals surface area contributed by atoms with E-state index in [9.17, 15) is 49.7 Å². The lowest BCUT2D eigenvalue weighted by Gasteiger charge is -2.50. The summed E-state index contributed by atoms with van der Waals surface area (Å²) in [5.74, 6) is 3.02. The Labute approximate surface area is 351 Å². The van der Waals surface area contributed by atoms with Gasteiger partial charge in [-0.25, -0.2) is 0 Å². The van der Waals surface area contributed by atoms with Crippen LogP contribution >= 0.6 is 21.6 Å². The topological polar surface area (TPSA) is 71.4 Å². The van der Waals surface area contributed by atoms with Crippen LogP contribution in [0.5, 0.6) is 5.75 Å². The van der Waals surface area contributed by atoms with Crippen molar-refractivity contribution >= 4 is 21.6 Å². The number of ether oxygens (including phenoxy) is 3. The molecular formula is C42H64F9NO5S2. The zero-order valence-corrected chi connectivity index (χ0v) is 36.4. The van der Waals surface area contributed by atoms with Crippen LogP contribution in [0.1, 0.15) is 115 Å². The second kappa shape index (κ2) is 21.5. The highest BCUT2D eigenvalue weighted by Crippen LogP contribution is 2.62. The van der Waals surface area contributed by atoms with Crippen LogP contribution < -0.4 is 4.74 Å². The molecule has 0 spiro atoms. The number of benzene rings is 1. The van der Waals surface area contributed by atoms with E-state index in [2.05, 4.69) is 49.6 Å². The van der Waals surface area contributed by atoms with E-state index < -0.39 is 37.2 Å². The van der Waals surface area contributed by atoms with Gasteiger partial charge in [0.1, 0.15) is 12.4 Å². The fraction of sp³-hybridized carbons (Fsp3) is 0.857. The Morgan fingerprint density at radius 2 is 1.51 bits per heavy atom. The molecule has 0 bridgehead atoms. The zero-order chi connectivity index (χ0) is 43.7. The molecule has 0 amide bonds. The summed E-state index contributed by atoms with van der Waals surface area (Å²) in [4.78, 5) is 2.30. The van der Waals surface area contributed by atoms with Crippen molar-refractivity contribution < 1.29 is 63.9 Å². The molecule has 17 heteroatoms. The summed E-state index contributed by atoms with van der Waals surface area (Å²) in [6, 6.07) is 6.38. The minimum atomic E-state index is -6.74. The van der Waals surface area contributed by atoms with Crippen molar-refractivity contribution in [2.45, 2.75) is 145 Å². The van der Waals surface area contributed by atoms with E-state index in [1.54, 1.807) is 0 Å². The number of aryl methyl sites for hydroxylation is 1. The Bertz CT molecular complexity index is 1390. The molecule has 5 atom stereocenters. The molecule has 0 aromatic heterocycles. The summed E-state index contributed by atoms with van der Waals surface area (Å²) in [5, 5.41) is 18.4. The third-order valence-electron chi connectivity index (χ3n) is 13.0. The number of hydrogen-bond acceptors (Lipinski definition) is 8. The second-order valence-corrected chi connectivity index (χ2v) is 20.8. The van der Waals surface area contributed by atoms with Gasteiger partial charge in [-0.2, -0.15) is 39.5 Å². The van der Waals surface area contributed by atoms with E-state index in [0.29, 0.717) is 30.8 Å². The molecule has 342 valence electrons. The van der Waals surface area contributed by atoms with Crippen LogP contribution in [0, 0.1) is 23.2 Å². The molecule has 0 heterocycles. The van der Waals surface area contributed by atoms with Crippen molar-refractivity contribution in [2.75, 3.05) is 58.9 Å². The van der Waals surface area contributed by atoms with Gasteiger partial charge in [-0.05, 0) is 138 Å². The molecule has 2 saturated carbocycles. The van der Waals surface area contributed by atoms with Crippen molar-refractivity contribution in [3.05, 3.63) is 29.3 Å². The van der Waals surface area contributed by atoms with Crippen molar-refractivity contribution in [2.24, 2.45) is 23.2 Å². The maximum Gasteiger partial charge on any atom is 0.435 e. The van der Waals surface area contributed by atoms with Gasteiger partial charge in [-0.15, -0.1) is 0 Å². The quantitative estimate of drug-likeness (QED) is 0.0604. The Balaban J connectivity index is 1.17. The minimum absolute atomic E-state index is 0.0107. The summed E-state index contributed by atoms with van der Waals surface area (Å²) >= 11 is 0. The monoisotopic (exact) mass is 897 g/mol. The van der Waals surface area contributed by atoms with E-state index in [-0.39, 0.29) is 42.0 Å². The lowest BCUT2D eigenvalue weighted by Crippen LogP contribution is -2.67. The third-order valence-corrected chi connectivity index (χ3v) is 16.4. The molecule has 0 saturated heterocycles. The first kappa shape index (κ1) is 50.5. The van der Waals surface area contributed by atoms with E-state index in [0.717, 1.165) is 82.4 Å². The van der Waals surface area contributed by atoms with Crippen LogP contribution in [0.2, 0.25) is 0 Å². The van der Waals surface area contributed by atoms with Crippen molar-refractivity contribution in [1.29, 1.82) is 0 Å². The van der Waals surface area contributed by atoms with Gasteiger partial charge in [0.2, 0.25) is 0 Å². The van der Waals surface area contributed by atoms with Crippen molar-refractivity contribution in [1.82, 2.24) is 4.90 Å². The molecule has 59 heavy (non-hydrogen) atoms. The molecule has 0 unspecified atom stereocenters. The van der Waals surface area contributed by atoms with Crippen LogP contribution in [-0.2, 0) is 15.9 Å². The van der Waals surface area contributed by atoms with Crippen LogP contribution in [0.3, 0.4) is 0 Å². The number of halogens is 9. The number of aliphatic hydroxyl groups excluding tert-OH is 2. The fourth-order valence-electron chi connectivity index (χ4n) is 9.43. The summed E-state index contributed by atoms with van der Waals surface area (Å²) in [5.41, 5.74) is -3.91. The van der Waals surface area contributed by atoms with Gasteiger partial charge in [0.25, 0.3) is 0 Å². The van der Waals surface area contributed by atoms with Crippen LogP contribution in [-0.4, -0.2) is 109 Å². The Kier molecular flexibility index (Phi) is 18.4. The molecule has 2 fully saturated rings. The van der Waals surface area contributed by atoms with E-state index in [1.807, 2.05) is 27.7 Å². The lowest BCUT2D eigenvalue weighted by molar-refractivity contribution is -0.457. The maximum absolute atomic E-state index is 13.2. The molecule has 0 radical (unpaired) electrons. The SMILES string of the molecule is CN(CCOc1ccc2c(c1)CC[C@@H]1[C@@H]2CC[C@]2(C)[C@@H](OCCCOC(C(F)(F)F)(C(F)(F)F)C(F)(F)F)CC[C@@H]12)CCC(C)(C)SSCCCCCCC(CO)CO. The first-order chi connectivity index (χ1) is 27.6. The van der Waals surface area contributed by atoms with E-state index >= 15 is 0 Å². The lowest BCUT2D eigenvalue weighted by atomic mass is 9.55. The first-order valence-corrected chi connectivity index (χ1v) is 23.3. The Morgan fingerprint density at radius 1 is 0.831 bits per heavy atom. The zero-order valence-electron chi connectivity index (χ0n) is 34.8. The van der Waals surface area contributed by atoms with Gasteiger partial charge in [0.15, 0.2) is 0 Å². The average molecular weight is 898 g/mol. The first-order valence-electron chi connectivity index (χ1n) is 21.0. The highest BCUT2D eigenvalue weighted by molar-refractivity contribution is 8.77. The number of likely N-dealkylation sites (N-methyl/N-ethyl adjacent to an activating group) is 1. The molecule has 3 aliphatic rings. The number of unbranched alkanes of at least 4 members (excludes halogenated alkanes) is 3. The average Bonchev–Trinajstić information content (AvgIpc) is 3.49. The molecular weight excluding hydrogens is 834 g/mol. The van der Waals surface area contributed by atoms with E-state index in [1.165, 1.54) is 24.0 Å². The largest absolute Gasteiger partial charge is 0.492 e. The minimum Gasteiger partial charge on any atom is -0.492 e. The van der Waals surface area contributed by atoms with Gasteiger partial charge in [0.05, 0.1) is 12.7 Å². The number of rotatable bonds is 24. The predicted molar refractivity (Wildman–Crippen MR) is 215 cm³/mol. The van der Waals surface area contributed by atoms with Gasteiger partial charge in [0, 0.05) is 42.8 Å². The summed E-state index contributed by atoms with van der Waals surface area (Å²) in [7, 11) is 5.99. The number of fused-ring (bicyclic) bond motifs is 5. The molecule has 6 nitrogen and oxygen atoms in total. The van der Waals surface area contributed by atoms with Crippen molar-refractivity contribution in [3.63, 3.8) is 0 Å². The fourth-order valence-corrected chi connectivity index (χ4v) is 12.1. The maximum atomic E-state index is 13.2. The van der Waals surface area contributed by atoms with Gasteiger partial charge in [-0.3, -0.25) is 0 Å². The number of aliphatic hydroxyl groups is 2. The molecule has 1 aromatic rings. The van der Waals surface area contributed by atoms with Crippen molar-refractivity contribution in [3.8, 4) is 5.75 Å². The Hall–Kier alpha value is -1.11. The normalized spacial score (nSPS) is 24.1. The molecule has 4 rings (SSSR count). The number of hydrogen-bond donors (Lipinski definition) is 2. The smallest absolute Gasteiger partial charge is 0.435 e. The number of nitrogens with zero attached hydrogens (tertiary/aromatic N) is 1.